The Morgan fingerprint density at radius 2 is 1.09 bits per heavy atom. The summed E-state index contributed by atoms with van der Waals surface area (Å²) in [5.74, 6) is 1.19. The first-order valence-electron chi connectivity index (χ1n) is 8.66. The van der Waals surface area contributed by atoms with Crippen LogP contribution in [0.15, 0.2) is 60.7 Å². The normalized spacial score (nSPS) is 31.4. The van der Waals surface area contributed by atoms with E-state index in [1.807, 2.05) is 0 Å². The van der Waals surface area contributed by atoms with Crippen molar-refractivity contribution in [1.82, 2.24) is 0 Å². The van der Waals surface area contributed by atoms with E-state index < -0.39 is 0 Å². The van der Waals surface area contributed by atoms with E-state index in [2.05, 4.69) is 60.7 Å². The van der Waals surface area contributed by atoms with Crippen LogP contribution < -0.4 is 0 Å². The van der Waals surface area contributed by atoms with Crippen molar-refractivity contribution in [3.8, 4) is 0 Å². The summed E-state index contributed by atoms with van der Waals surface area (Å²) in [5.41, 5.74) is 2.62. The summed E-state index contributed by atoms with van der Waals surface area (Å²) in [7, 11) is 0. The molecule has 2 bridgehead atoms. The van der Waals surface area contributed by atoms with Gasteiger partial charge in [-0.15, -0.1) is 0 Å². The van der Waals surface area contributed by atoms with Gasteiger partial charge in [-0.1, -0.05) is 60.7 Å². The van der Waals surface area contributed by atoms with Gasteiger partial charge in [0.25, 0.3) is 0 Å². The number of hydrogen-bond acceptors (Lipinski definition) is 2. The Morgan fingerprint density at radius 1 is 0.696 bits per heavy atom. The first kappa shape index (κ1) is 14.9. The van der Waals surface area contributed by atoms with Crippen molar-refractivity contribution in [2.75, 3.05) is 13.2 Å². The summed E-state index contributed by atoms with van der Waals surface area (Å²) < 4.78 is 0. The predicted molar refractivity (Wildman–Crippen MR) is 91.0 cm³/mol. The largest absolute Gasteiger partial charge is 0.396 e. The quantitative estimate of drug-likeness (QED) is 0.910. The van der Waals surface area contributed by atoms with Crippen molar-refractivity contribution in [3.63, 3.8) is 0 Å². The molecule has 0 aliphatic heterocycles. The number of aliphatic hydroxyl groups is 2. The smallest absolute Gasteiger partial charge is 0.0465 e. The molecule has 0 heterocycles. The Labute approximate surface area is 137 Å². The van der Waals surface area contributed by atoms with Gasteiger partial charge in [0.1, 0.15) is 0 Å². The fraction of sp³-hybridized carbons (Fsp3) is 0.429. The third-order valence-electron chi connectivity index (χ3n) is 6.47. The van der Waals surface area contributed by atoms with Gasteiger partial charge in [0.05, 0.1) is 0 Å². The second-order valence-electron chi connectivity index (χ2n) is 7.08. The summed E-state index contributed by atoms with van der Waals surface area (Å²) in [5, 5.41) is 20.0. The first-order valence-corrected chi connectivity index (χ1v) is 8.66. The minimum Gasteiger partial charge on any atom is -0.396 e. The molecule has 0 spiro atoms. The number of benzene rings is 2. The van der Waals surface area contributed by atoms with Crippen LogP contribution in [0.2, 0.25) is 0 Å². The zero-order valence-electron chi connectivity index (χ0n) is 13.3. The van der Waals surface area contributed by atoms with E-state index in [0.29, 0.717) is 11.8 Å². The van der Waals surface area contributed by atoms with Crippen molar-refractivity contribution in [1.29, 1.82) is 0 Å². The van der Waals surface area contributed by atoms with E-state index >= 15 is 0 Å². The van der Waals surface area contributed by atoms with Crippen molar-refractivity contribution >= 4 is 0 Å². The highest BCUT2D eigenvalue weighted by Gasteiger charge is 2.64. The first-order chi connectivity index (χ1) is 11.3. The molecular weight excluding hydrogens is 284 g/mol. The van der Waals surface area contributed by atoms with E-state index in [0.717, 1.165) is 12.8 Å². The van der Waals surface area contributed by atoms with Crippen molar-refractivity contribution in [2.24, 2.45) is 23.7 Å². The highest BCUT2D eigenvalue weighted by molar-refractivity contribution is 5.45. The van der Waals surface area contributed by atoms with Gasteiger partial charge in [0.2, 0.25) is 0 Å². The van der Waals surface area contributed by atoms with Gasteiger partial charge >= 0.3 is 0 Å². The summed E-state index contributed by atoms with van der Waals surface area (Å²) in [6, 6.07) is 21.5. The SMILES string of the molecule is OCC1C(CO)C2CCC1C2(c1ccccc1)c1ccccc1. The molecule has 2 aliphatic rings. The average Bonchev–Trinajstić information content (AvgIpc) is 3.14. The maximum Gasteiger partial charge on any atom is 0.0465 e. The van der Waals surface area contributed by atoms with Gasteiger partial charge in [0.15, 0.2) is 0 Å². The van der Waals surface area contributed by atoms with Crippen LogP contribution in [0.25, 0.3) is 0 Å². The van der Waals surface area contributed by atoms with E-state index in [9.17, 15) is 10.2 Å². The minimum atomic E-state index is -0.0662. The monoisotopic (exact) mass is 308 g/mol. The predicted octanol–water partition coefficient (Wildman–Crippen LogP) is 3.23. The Hall–Kier alpha value is -1.64. The molecule has 4 unspecified atom stereocenters. The minimum absolute atomic E-state index is 0.0662. The molecule has 2 aromatic rings. The maximum atomic E-state index is 10.0. The summed E-state index contributed by atoms with van der Waals surface area (Å²) in [6.45, 7) is 0.349. The highest BCUT2D eigenvalue weighted by atomic mass is 16.3. The van der Waals surface area contributed by atoms with Crippen LogP contribution in [0.5, 0.6) is 0 Å². The van der Waals surface area contributed by atoms with Gasteiger partial charge in [-0.05, 0) is 47.6 Å². The number of hydrogen-bond donors (Lipinski definition) is 2. The topological polar surface area (TPSA) is 40.5 Å². The van der Waals surface area contributed by atoms with Gasteiger partial charge in [-0.25, -0.2) is 0 Å². The molecule has 2 aliphatic carbocycles. The highest BCUT2D eigenvalue weighted by Crippen LogP contribution is 2.66. The van der Waals surface area contributed by atoms with E-state index in [-0.39, 0.29) is 30.5 Å². The summed E-state index contributed by atoms with van der Waals surface area (Å²) in [4.78, 5) is 0. The van der Waals surface area contributed by atoms with E-state index in [1.165, 1.54) is 11.1 Å². The lowest BCUT2D eigenvalue weighted by atomic mass is 9.66. The molecule has 0 saturated heterocycles. The van der Waals surface area contributed by atoms with Crippen LogP contribution in [-0.4, -0.2) is 23.4 Å². The van der Waals surface area contributed by atoms with E-state index in [4.69, 9.17) is 0 Å². The number of rotatable bonds is 4. The Bertz CT molecular complexity index is 593. The molecule has 2 heteroatoms. The molecule has 0 amide bonds. The maximum absolute atomic E-state index is 10.0. The summed E-state index contributed by atoms with van der Waals surface area (Å²) >= 11 is 0. The van der Waals surface area contributed by atoms with Gasteiger partial charge < -0.3 is 10.2 Å². The Morgan fingerprint density at radius 3 is 1.43 bits per heavy atom. The molecule has 2 aromatic carbocycles. The van der Waals surface area contributed by atoms with E-state index in [1.54, 1.807) is 0 Å². The van der Waals surface area contributed by atoms with Crippen LogP contribution in [-0.2, 0) is 5.41 Å². The molecule has 23 heavy (non-hydrogen) atoms. The van der Waals surface area contributed by atoms with Gasteiger partial charge in [-0.2, -0.15) is 0 Å². The number of fused-ring (bicyclic) bond motifs is 2. The van der Waals surface area contributed by atoms with Crippen molar-refractivity contribution < 1.29 is 10.2 Å². The third-order valence-corrected chi connectivity index (χ3v) is 6.47. The summed E-state index contributed by atoms with van der Waals surface area (Å²) in [6.07, 6.45) is 2.27. The number of aliphatic hydroxyl groups excluding tert-OH is 2. The molecule has 2 fully saturated rings. The van der Waals surface area contributed by atoms with Crippen LogP contribution in [0.4, 0.5) is 0 Å². The molecular formula is C21H24O2. The molecule has 2 nitrogen and oxygen atoms in total. The molecule has 2 N–H and O–H groups in total. The van der Waals surface area contributed by atoms with Crippen LogP contribution >= 0.6 is 0 Å². The standard InChI is InChI=1S/C21H24O2/c22-13-17-18(14-23)20-12-11-19(17)21(20,15-7-3-1-4-8-15)16-9-5-2-6-10-16/h1-10,17-20,22-23H,11-14H2. The lowest BCUT2D eigenvalue weighted by Gasteiger charge is -2.37. The zero-order valence-corrected chi connectivity index (χ0v) is 13.3. The lowest BCUT2D eigenvalue weighted by molar-refractivity contribution is 0.0791. The van der Waals surface area contributed by atoms with Crippen LogP contribution in [0.1, 0.15) is 24.0 Å². The van der Waals surface area contributed by atoms with Crippen molar-refractivity contribution in [2.45, 2.75) is 18.3 Å². The fourth-order valence-corrected chi connectivity index (χ4v) is 5.77. The molecule has 2 saturated carbocycles. The fourth-order valence-electron chi connectivity index (χ4n) is 5.77. The van der Waals surface area contributed by atoms with Gasteiger partial charge in [-0.3, -0.25) is 0 Å². The molecule has 4 rings (SSSR count). The van der Waals surface area contributed by atoms with Gasteiger partial charge in [0, 0.05) is 18.6 Å². The average molecular weight is 308 g/mol. The second kappa shape index (κ2) is 5.77. The zero-order chi connectivity index (χ0) is 15.9. The van der Waals surface area contributed by atoms with Crippen molar-refractivity contribution in [3.05, 3.63) is 71.8 Å². The Balaban J connectivity index is 1.95. The molecule has 120 valence electrons. The third kappa shape index (κ3) is 1.95. The van der Waals surface area contributed by atoms with Crippen LogP contribution in [0, 0.1) is 23.7 Å². The van der Waals surface area contributed by atoms with Crippen LogP contribution in [0.3, 0.4) is 0 Å². The molecule has 4 atom stereocenters. The lowest BCUT2D eigenvalue weighted by Crippen LogP contribution is -2.35. The second-order valence-corrected chi connectivity index (χ2v) is 7.08. The molecule has 0 aromatic heterocycles. The Kier molecular flexibility index (Phi) is 3.74. The molecule has 0 radical (unpaired) electrons.